The van der Waals surface area contributed by atoms with E-state index in [9.17, 15) is 9.59 Å². The molecule has 4 nitrogen and oxygen atoms in total. The van der Waals surface area contributed by atoms with Gasteiger partial charge in [0.15, 0.2) is 0 Å². The van der Waals surface area contributed by atoms with Crippen LogP contribution in [-0.4, -0.2) is 41.1 Å². The molecule has 0 aliphatic heterocycles. The summed E-state index contributed by atoms with van der Waals surface area (Å²) in [5.74, 6) is 0.868. The molecule has 2 aromatic rings. The third-order valence-electron chi connectivity index (χ3n) is 4.47. The van der Waals surface area contributed by atoms with E-state index in [1.807, 2.05) is 68.4 Å². The molecule has 0 saturated heterocycles. The molecule has 2 rings (SSSR count). The Morgan fingerprint density at radius 2 is 1.72 bits per heavy atom. The predicted octanol–water partition coefficient (Wildman–Crippen LogP) is 4.56. The van der Waals surface area contributed by atoms with Crippen molar-refractivity contribution in [3.63, 3.8) is 0 Å². The van der Waals surface area contributed by atoms with Crippen LogP contribution in [0.1, 0.15) is 31.9 Å². The summed E-state index contributed by atoms with van der Waals surface area (Å²) in [5.41, 5.74) is 2.23. The van der Waals surface area contributed by atoms with Gasteiger partial charge in [-0.3, -0.25) is 9.59 Å². The summed E-state index contributed by atoms with van der Waals surface area (Å²) in [6.45, 7) is 6.14. The minimum atomic E-state index is -0.514. The van der Waals surface area contributed by atoms with Crippen LogP contribution in [0.4, 0.5) is 0 Å². The van der Waals surface area contributed by atoms with Crippen LogP contribution in [-0.2, 0) is 21.8 Å². The Labute approximate surface area is 183 Å². The number of nitrogens with zero attached hydrogens (tertiary/aromatic N) is 1. The molecule has 29 heavy (non-hydrogen) atoms. The van der Waals surface area contributed by atoms with Gasteiger partial charge in [0.2, 0.25) is 11.8 Å². The largest absolute Gasteiger partial charge is 0.352 e. The minimum absolute atomic E-state index is 0.0284. The maximum Gasteiger partial charge on any atom is 0.242 e. The standard InChI is InChI=1S/C23H29ClN2O2S/c1-17(2)25-23(28)18(3)26(13-12-19-8-5-4-6-9-19)22(27)16-29-15-20-10-7-11-21(24)14-20/h4-11,14,17-18H,12-13,15-16H2,1-3H3,(H,25,28)/t18-/m0/s1. The number of benzene rings is 2. The summed E-state index contributed by atoms with van der Waals surface area (Å²) in [7, 11) is 0. The van der Waals surface area contributed by atoms with Crippen LogP contribution in [0.25, 0.3) is 0 Å². The first-order valence-electron chi connectivity index (χ1n) is 9.82. The SMILES string of the molecule is CC(C)NC(=O)[C@H](C)N(CCc1ccccc1)C(=O)CSCc1cccc(Cl)c1. The van der Waals surface area contributed by atoms with E-state index in [1.165, 1.54) is 11.8 Å². The van der Waals surface area contributed by atoms with Gasteiger partial charge in [0, 0.05) is 23.4 Å². The summed E-state index contributed by atoms with van der Waals surface area (Å²) in [5, 5.41) is 3.60. The van der Waals surface area contributed by atoms with Gasteiger partial charge in [-0.1, -0.05) is 54.1 Å². The minimum Gasteiger partial charge on any atom is -0.352 e. The summed E-state index contributed by atoms with van der Waals surface area (Å²) >= 11 is 7.56. The van der Waals surface area contributed by atoms with Crippen LogP contribution in [0, 0.1) is 0 Å². The third-order valence-corrected chi connectivity index (χ3v) is 5.69. The molecule has 0 aliphatic rings. The van der Waals surface area contributed by atoms with Crippen LogP contribution in [0.5, 0.6) is 0 Å². The number of thioether (sulfide) groups is 1. The molecule has 2 amide bonds. The number of hydrogen-bond donors (Lipinski definition) is 1. The first kappa shape index (κ1) is 23.3. The monoisotopic (exact) mass is 432 g/mol. The zero-order valence-corrected chi connectivity index (χ0v) is 18.8. The lowest BCUT2D eigenvalue weighted by molar-refractivity contribution is -0.138. The number of nitrogens with one attached hydrogen (secondary N) is 1. The van der Waals surface area contributed by atoms with Gasteiger partial charge in [-0.05, 0) is 50.5 Å². The highest BCUT2D eigenvalue weighted by molar-refractivity contribution is 7.99. The molecule has 0 aliphatic carbocycles. The summed E-state index contributed by atoms with van der Waals surface area (Å²) in [6.07, 6.45) is 0.713. The van der Waals surface area contributed by atoms with Gasteiger partial charge >= 0.3 is 0 Å². The molecule has 0 aromatic heterocycles. The Kier molecular flexibility index (Phi) is 9.55. The lowest BCUT2D eigenvalue weighted by Crippen LogP contribution is -2.50. The van der Waals surface area contributed by atoms with E-state index in [0.717, 1.165) is 11.1 Å². The van der Waals surface area contributed by atoms with Gasteiger partial charge < -0.3 is 10.2 Å². The van der Waals surface area contributed by atoms with Crippen LogP contribution in [0.2, 0.25) is 5.02 Å². The van der Waals surface area contributed by atoms with Crippen molar-refractivity contribution in [3.05, 3.63) is 70.7 Å². The Bertz CT molecular complexity index is 798. The zero-order chi connectivity index (χ0) is 21.2. The molecule has 0 fully saturated rings. The second kappa shape index (κ2) is 11.9. The Hall–Kier alpha value is -1.98. The molecule has 6 heteroatoms. The highest BCUT2D eigenvalue weighted by Crippen LogP contribution is 2.18. The molecule has 0 radical (unpaired) electrons. The molecular weight excluding hydrogens is 404 g/mol. The lowest BCUT2D eigenvalue weighted by Gasteiger charge is -2.29. The molecule has 1 N–H and O–H groups in total. The summed E-state index contributed by atoms with van der Waals surface area (Å²) in [4.78, 5) is 27.2. The number of amides is 2. The van der Waals surface area contributed by atoms with Crippen LogP contribution in [0.15, 0.2) is 54.6 Å². The average molecular weight is 433 g/mol. The Morgan fingerprint density at radius 3 is 2.38 bits per heavy atom. The van der Waals surface area contributed by atoms with Gasteiger partial charge in [0.05, 0.1) is 5.75 Å². The van der Waals surface area contributed by atoms with Crippen LogP contribution in [0.3, 0.4) is 0 Å². The molecular formula is C23H29ClN2O2S. The van der Waals surface area contributed by atoms with Crippen molar-refractivity contribution in [1.82, 2.24) is 10.2 Å². The van der Waals surface area contributed by atoms with Gasteiger partial charge in [0.25, 0.3) is 0 Å². The predicted molar refractivity (Wildman–Crippen MR) is 122 cm³/mol. The molecule has 0 saturated carbocycles. The molecule has 2 aromatic carbocycles. The highest BCUT2D eigenvalue weighted by Gasteiger charge is 2.25. The van der Waals surface area contributed by atoms with Crippen LogP contribution >= 0.6 is 23.4 Å². The van der Waals surface area contributed by atoms with Crippen molar-refractivity contribution in [1.29, 1.82) is 0 Å². The first-order chi connectivity index (χ1) is 13.9. The molecule has 156 valence electrons. The fourth-order valence-electron chi connectivity index (χ4n) is 2.94. The first-order valence-corrected chi connectivity index (χ1v) is 11.4. The van der Waals surface area contributed by atoms with E-state index < -0.39 is 6.04 Å². The molecule has 0 unspecified atom stereocenters. The third kappa shape index (κ3) is 8.11. The van der Waals surface area contributed by atoms with Crippen molar-refractivity contribution < 1.29 is 9.59 Å². The summed E-state index contributed by atoms with van der Waals surface area (Å²) < 4.78 is 0. The van der Waals surface area contributed by atoms with Gasteiger partial charge in [-0.25, -0.2) is 0 Å². The quantitative estimate of drug-likeness (QED) is 0.598. The second-order valence-electron chi connectivity index (χ2n) is 7.28. The summed E-state index contributed by atoms with van der Waals surface area (Å²) in [6, 6.07) is 17.2. The topological polar surface area (TPSA) is 49.4 Å². The molecule has 0 bridgehead atoms. The maximum atomic E-state index is 13.0. The Balaban J connectivity index is 1.99. The van der Waals surface area contributed by atoms with Crippen molar-refractivity contribution in [2.45, 2.75) is 45.0 Å². The average Bonchev–Trinajstić information content (AvgIpc) is 2.68. The van der Waals surface area contributed by atoms with E-state index in [2.05, 4.69) is 5.32 Å². The zero-order valence-electron chi connectivity index (χ0n) is 17.2. The van der Waals surface area contributed by atoms with Crippen molar-refractivity contribution in [2.24, 2.45) is 0 Å². The van der Waals surface area contributed by atoms with E-state index in [-0.39, 0.29) is 17.9 Å². The van der Waals surface area contributed by atoms with Gasteiger partial charge in [-0.2, -0.15) is 0 Å². The smallest absolute Gasteiger partial charge is 0.242 e. The molecule has 0 heterocycles. The van der Waals surface area contributed by atoms with Crippen LogP contribution < -0.4 is 5.32 Å². The lowest BCUT2D eigenvalue weighted by atomic mass is 10.1. The highest BCUT2D eigenvalue weighted by atomic mass is 35.5. The van der Waals surface area contributed by atoms with E-state index in [4.69, 9.17) is 11.6 Å². The number of carbonyl (C=O) groups excluding carboxylic acids is 2. The second-order valence-corrected chi connectivity index (χ2v) is 8.71. The van der Waals surface area contributed by atoms with Crippen molar-refractivity contribution in [2.75, 3.05) is 12.3 Å². The maximum absolute atomic E-state index is 13.0. The van der Waals surface area contributed by atoms with E-state index in [1.54, 1.807) is 11.8 Å². The van der Waals surface area contributed by atoms with Crippen molar-refractivity contribution >= 4 is 35.2 Å². The van der Waals surface area contributed by atoms with Gasteiger partial charge in [-0.15, -0.1) is 11.8 Å². The molecule has 0 spiro atoms. The fraction of sp³-hybridized carbons (Fsp3) is 0.391. The van der Waals surface area contributed by atoms with Crippen molar-refractivity contribution in [3.8, 4) is 0 Å². The van der Waals surface area contributed by atoms with Gasteiger partial charge in [0.1, 0.15) is 6.04 Å². The fourth-order valence-corrected chi connectivity index (χ4v) is 4.01. The van der Waals surface area contributed by atoms with E-state index in [0.29, 0.717) is 29.5 Å². The number of halogens is 1. The molecule has 1 atom stereocenters. The number of carbonyl (C=O) groups is 2. The normalized spacial score (nSPS) is 11.9. The number of hydrogen-bond acceptors (Lipinski definition) is 3. The Morgan fingerprint density at radius 1 is 1.03 bits per heavy atom. The van der Waals surface area contributed by atoms with E-state index >= 15 is 0 Å². The number of rotatable bonds is 10.